The van der Waals surface area contributed by atoms with Crippen molar-refractivity contribution in [2.24, 2.45) is 0 Å². The number of β-amino-alcohol motifs (C(OH)–C–C–N with tert-alkyl or cyclic N) is 1. The molecule has 1 heterocycles. The van der Waals surface area contributed by atoms with Crippen molar-refractivity contribution < 1.29 is 10.2 Å². The van der Waals surface area contributed by atoms with Gasteiger partial charge in [-0.25, -0.2) is 0 Å². The van der Waals surface area contributed by atoms with E-state index in [1.54, 1.807) is 0 Å². The van der Waals surface area contributed by atoms with E-state index in [1.165, 1.54) is 0 Å². The number of hydrogen-bond donors (Lipinski definition) is 2. The van der Waals surface area contributed by atoms with E-state index in [-0.39, 0.29) is 18.2 Å². The quantitative estimate of drug-likeness (QED) is 0.680. The van der Waals surface area contributed by atoms with Gasteiger partial charge in [0.25, 0.3) is 0 Å². The third-order valence-corrected chi connectivity index (χ3v) is 2.99. The van der Waals surface area contributed by atoms with Crippen LogP contribution in [-0.2, 0) is 0 Å². The normalized spacial score (nSPS) is 33.2. The molecule has 78 valence electrons. The summed E-state index contributed by atoms with van der Waals surface area (Å²) in [6, 6.07) is 0.204. The van der Waals surface area contributed by atoms with Gasteiger partial charge in [-0.05, 0) is 32.7 Å². The third kappa shape index (κ3) is 2.93. The van der Waals surface area contributed by atoms with Crippen LogP contribution in [0.3, 0.4) is 0 Å². The first-order chi connectivity index (χ1) is 6.15. The Morgan fingerprint density at radius 3 is 2.85 bits per heavy atom. The van der Waals surface area contributed by atoms with E-state index in [2.05, 4.69) is 4.90 Å². The molecule has 2 unspecified atom stereocenters. The van der Waals surface area contributed by atoms with E-state index in [9.17, 15) is 10.2 Å². The Morgan fingerprint density at radius 2 is 2.23 bits per heavy atom. The Morgan fingerprint density at radius 1 is 1.54 bits per heavy atom. The predicted molar refractivity (Wildman–Crippen MR) is 52.6 cm³/mol. The van der Waals surface area contributed by atoms with Crippen molar-refractivity contribution in [3.8, 4) is 0 Å². The molecule has 3 nitrogen and oxygen atoms in total. The molecule has 1 aliphatic heterocycles. The lowest BCUT2D eigenvalue weighted by atomic mass is 10.00. The van der Waals surface area contributed by atoms with Gasteiger partial charge < -0.3 is 10.2 Å². The van der Waals surface area contributed by atoms with Gasteiger partial charge in [-0.2, -0.15) is 0 Å². The molecular formula is C10H21NO2. The second-order valence-corrected chi connectivity index (χ2v) is 4.01. The van der Waals surface area contributed by atoms with Crippen LogP contribution in [0, 0.1) is 0 Å². The van der Waals surface area contributed by atoms with Gasteiger partial charge in [0, 0.05) is 12.6 Å². The maximum atomic E-state index is 9.61. The zero-order valence-electron chi connectivity index (χ0n) is 8.61. The highest BCUT2D eigenvalue weighted by molar-refractivity contribution is 4.81. The smallest absolute Gasteiger partial charge is 0.0693 e. The Labute approximate surface area is 80.4 Å². The summed E-state index contributed by atoms with van der Waals surface area (Å²) in [5, 5.41) is 19.1. The standard InChI is InChI=1S/C10H21NO2/c1-3-9(12)7-11-6-4-5-10(13)8(11)2/h8-10,12-13H,3-7H2,1-2H3/t8?,9-,10?/m0/s1. The molecule has 3 heteroatoms. The van der Waals surface area contributed by atoms with Gasteiger partial charge in [-0.1, -0.05) is 6.92 Å². The summed E-state index contributed by atoms with van der Waals surface area (Å²) in [6.07, 6.45) is 2.28. The monoisotopic (exact) mass is 187 g/mol. The molecule has 0 aromatic heterocycles. The first kappa shape index (κ1) is 11.0. The Balaban J connectivity index is 2.39. The second kappa shape index (κ2) is 4.94. The van der Waals surface area contributed by atoms with Gasteiger partial charge >= 0.3 is 0 Å². The van der Waals surface area contributed by atoms with Crippen molar-refractivity contribution in [1.82, 2.24) is 4.90 Å². The van der Waals surface area contributed by atoms with Crippen molar-refractivity contribution in [3.63, 3.8) is 0 Å². The number of nitrogens with zero attached hydrogens (tertiary/aromatic N) is 1. The van der Waals surface area contributed by atoms with Crippen LogP contribution in [0.2, 0.25) is 0 Å². The molecule has 3 atom stereocenters. The SMILES string of the molecule is CC[C@H](O)CN1CCCC(O)C1C. The largest absolute Gasteiger partial charge is 0.392 e. The van der Waals surface area contributed by atoms with Crippen LogP contribution >= 0.6 is 0 Å². The van der Waals surface area contributed by atoms with E-state index >= 15 is 0 Å². The summed E-state index contributed by atoms with van der Waals surface area (Å²) in [5.41, 5.74) is 0. The molecule has 0 aromatic carbocycles. The van der Waals surface area contributed by atoms with E-state index in [0.717, 1.165) is 25.8 Å². The molecule has 1 fully saturated rings. The zero-order valence-corrected chi connectivity index (χ0v) is 8.61. The summed E-state index contributed by atoms with van der Waals surface area (Å²) >= 11 is 0. The lowest BCUT2D eigenvalue weighted by Gasteiger charge is -2.37. The van der Waals surface area contributed by atoms with Crippen LogP contribution in [-0.4, -0.2) is 46.5 Å². The van der Waals surface area contributed by atoms with Gasteiger partial charge in [0.15, 0.2) is 0 Å². The molecule has 0 saturated carbocycles. The van der Waals surface area contributed by atoms with E-state index in [0.29, 0.717) is 6.54 Å². The molecule has 0 radical (unpaired) electrons. The summed E-state index contributed by atoms with van der Waals surface area (Å²) in [6.45, 7) is 5.73. The first-order valence-electron chi connectivity index (χ1n) is 5.25. The van der Waals surface area contributed by atoms with Crippen molar-refractivity contribution in [3.05, 3.63) is 0 Å². The number of rotatable bonds is 3. The van der Waals surface area contributed by atoms with Gasteiger partial charge in [0.2, 0.25) is 0 Å². The molecule has 0 aliphatic carbocycles. The van der Waals surface area contributed by atoms with Gasteiger partial charge in [0.1, 0.15) is 0 Å². The summed E-state index contributed by atoms with van der Waals surface area (Å²) in [5.74, 6) is 0. The highest BCUT2D eigenvalue weighted by Crippen LogP contribution is 2.17. The molecule has 0 bridgehead atoms. The number of hydrogen-bond acceptors (Lipinski definition) is 3. The molecule has 13 heavy (non-hydrogen) atoms. The topological polar surface area (TPSA) is 43.7 Å². The van der Waals surface area contributed by atoms with Crippen molar-refractivity contribution in [1.29, 1.82) is 0 Å². The Hall–Kier alpha value is -0.120. The van der Waals surface area contributed by atoms with Crippen LogP contribution in [0.5, 0.6) is 0 Å². The minimum Gasteiger partial charge on any atom is -0.392 e. The summed E-state index contributed by atoms with van der Waals surface area (Å²) in [7, 11) is 0. The third-order valence-electron chi connectivity index (χ3n) is 2.99. The van der Waals surface area contributed by atoms with Crippen LogP contribution in [0.1, 0.15) is 33.1 Å². The maximum Gasteiger partial charge on any atom is 0.0693 e. The zero-order chi connectivity index (χ0) is 9.84. The number of aliphatic hydroxyl groups is 2. The molecule has 1 aliphatic rings. The van der Waals surface area contributed by atoms with E-state index < -0.39 is 0 Å². The molecule has 0 amide bonds. The minimum absolute atomic E-state index is 0.204. The van der Waals surface area contributed by atoms with Gasteiger partial charge in [-0.15, -0.1) is 0 Å². The van der Waals surface area contributed by atoms with Gasteiger partial charge in [0.05, 0.1) is 12.2 Å². The fraction of sp³-hybridized carbons (Fsp3) is 1.00. The Kier molecular flexibility index (Phi) is 4.16. The fourth-order valence-electron chi connectivity index (χ4n) is 1.85. The first-order valence-corrected chi connectivity index (χ1v) is 5.25. The number of piperidine rings is 1. The van der Waals surface area contributed by atoms with Crippen molar-refractivity contribution in [2.75, 3.05) is 13.1 Å². The predicted octanol–water partition coefficient (Wildman–Crippen LogP) is 0.602. The minimum atomic E-state index is -0.243. The maximum absolute atomic E-state index is 9.61. The lowest BCUT2D eigenvalue weighted by molar-refractivity contribution is -0.00381. The van der Waals surface area contributed by atoms with Gasteiger partial charge in [-0.3, -0.25) is 4.90 Å². The van der Waals surface area contributed by atoms with Crippen LogP contribution in [0.4, 0.5) is 0 Å². The average molecular weight is 187 g/mol. The molecule has 0 aromatic rings. The highest BCUT2D eigenvalue weighted by atomic mass is 16.3. The molecular weight excluding hydrogens is 166 g/mol. The van der Waals surface area contributed by atoms with E-state index in [1.807, 2.05) is 13.8 Å². The van der Waals surface area contributed by atoms with Crippen molar-refractivity contribution >= 4 is 0 Å². The number of aliphatic hydroxyl groups excluding tert-OH is 2. The number of likely N-dealkylation sites (tertiary alicyclic amines) is 1. The highest BCUT2D eigenvalue weighted by Gasteiger charge is 2.26. The second-order valence-electron chi connectivity index (χ2n) is 4.01. The van der Waals surface area contributed by atoms with Crippen LogP contribution in [0.25, 0.3) is 0 Å². The molecule has 1 rings (SSSR count). The molecule has 0 spiro atoms. The summed E-state index contributed by atoms with van der Waals surface area (Å²) < 4.78 is 0. The lowest BCUT2D eigenvalue weighted by Crippen LogP contribution is -2.48. The molecule has 1 saturated heterocycles. The van der Waals surface area contributed by atoms with Crippen molar-refractivity contribution in [2.45, 2.75) is 51.4 Å². The Bertz CT molecular complexity index is 152. The molecule has 2 N–H and O–H groups in total. The van der Waals surface area contributed by atoms with E-state index in [4.69, 9.17) is 0 Å². The fourth-order valence-corrected chi connectivity index (χ4v) is 1.85. The van der Waals surface area contributed by atoms with Crippen LogP contribution in [0.15, 0.2) is 0 Å². The summed E-state index contributed by atoms with van der Waals surface area (Å²) in [4.78, 5) is 2.18. The van der Waals surface area contributed by atoms with Crippen LogP contribution < -0.4 is 0 Å². The average Bonchev–Trinajstić information content (AvgIpc) is 2.13.